The van der Waals surface area contributed by atoms with Crippen LogP contribution in [0.15, 0.2) is 6.07 Å². The molecule has 1 aliphatic rings. The van der Waals surface area contributed by atoms with E-state index in [0.29, 0.717) is 12.1 Å². The molecule has 0 radical (unpaired) electrons. The molecule has 14 heavy (non-hydrogen) atoms. The summed E-state index contributed by atoms with van der Waals surface area (Å²) in [6.45, 7) is 1.86. The van der Waals surface area contributed by atoms with Crippen molar-refractivity contribution in [2.75, 3.05) is 7.11 Å². The summed E-state index contributed by atoms with van der Waals surface area (Å²) >= 11 is 0. The number of carbonyl (C=O) groups is 1. The van der Waals surface area contributed by atoms with Crippen LogP contribution in [0.2, 0.25) is 0 Å². The van der Waals surface area contributed by atoms with Crippen LogP contribution in [-0.2, 0) is 6.42 Å². The molecule has 0 fully saturated rings. The third-order valence-electron chi connectivity index (χ3n) is 2.58. The van der Waals surface area contributed by atoms with Crippen molar-refractivity contribution >= 4 is 5.78 Å². The summed E-state index contributed by atoms with van der Waals surface area (Å²) in [6.07, 6.45) is 2.50. The minimum absolute atomic E-state index is 0.164. The number of aromatic nitrogens is 1. The van der Waals surface area contributed by atoms with Crippen LogP contribution in [0.3, 0.4) is 0 Å². The van der Waals surface area contributed by atoms with Crippen LogP contribution < -0.4 is 4.74 Å². The molecule has 3 nitrogen and oxygen atoms in total. The number of methoxy groups -OCH3 is 1. The maximum Gasteiger partial charge on any atom is 0.181 e. The van der Waals surface area contributed by atoms with Gasteiger partial charge in [0.05, 0.1) is 12.8 Å². The number of pyridine rings is 1. The summed E-state index contributed by atoms with van der Waals surface area (Å²) in [5.41, 5.74) is 2.47. The number of ketones is 1. The highest BCUT2D eigenvalue weighted by atomic mass is 16.5. The third-order valence-corrected chi connectivity index (χ3v) is 2.58. The number of ether oxygens (including phenoxy) is 1. The zero-order chi connectivity index (χ0) is 10.1. The second-order valence-electron chi connectivity index (χ2n) is 3.56. The molecule has 1 aliphatic carbocycles. The van der Waals surface area contributed by atoms with E-state index in [2.05, 4.69) is 4.98 Å². The minimum atomic E-state index is 0.164. The first-order valence-corrected chi connectivity index (χ1v) is 4.80. The van der Waals surface area contributed by atoms with E-state index in [1.54, 1.807) is 7.11 Å². The Balaban J connectivity index is 2.54. The van der Waals surface area contributed by atoms with Crippen molar-refractivity contribution in [1.29, 1.82) is 0 Å². The van der Waals surface area contributed by atoms with Gasteiger partial charge in [-0.3, -0.25) is 4.79 Å². The van der Waals surface area contributed by atoms with Crippen molar-refractivity contribution in [3.8, 4) is 5.75 Å². The van der Waals surface area contributed by atoms with Gasteiger partial charge in [0.15, 0.2) is 5.78 Å². The van der Waals surface area contributed by atoms with Gasteiger partial charge in [0.1, 0.15) is 11.4 Å². The largest absolute Gasteiger partial charge is 0.495 e. The monoisotopic (exact) mass is 191 g/mol. The molecular weight excluding hydrogens is 178 g/mol. The molecule has 0 spiro atoms. The highest BCUT2D eigenvalue weighted by molar-refractivity contribution is 5.96. The lowest BCUT2D eigenvalue weighted by molar-refractivity contribution is 0.0967. The van der Waals surface area contributed by atoms with Crippen LogP contribution in [-0.4, -0.2) is 17.9 Å². The summed E-state index contributed by atoms with van der Waals surface area (Å²) in [7, 11) is 1.63. The summed E-state index contributed by atoms with van der Waals surface area (Å²) < 4.78 is 5.17. The Morgan fingerprint density at radius 3 is 2.93 bits per heavy atom. The lowest BCUT2D eigenvalue weighted by Crippen LogP contribution is -2.14. The number of rotatable bonds is 1. The lowest BCUT2D eigenvalue weighted by Gasteiger charge is -2.15. The molecular formula is C11H13NO2. The molecule has 3 heteroatoms. The first-order valence-electron chi connectivity index (χ1n) is 4.80. The smallest absolute Gasteiger partial charge is 0.181 e. The Hall–Kier alpha value is -1.38. The highest BCUT2D eigenvalue weighted by Gasteiger charge is 2.20. The number of hydrogen-bond acceptors (Lipinski definition) is 3. The molecule has 1 aromatic rings. The molecule has 0 aromatic carbocycles. The van der Waals surface area contributed by atoms with Crippen LogP contribution in [0, 0.1) is 6.92 Å². The predicted molar refractivity (Wildman–Crippen MR) is 52.8 cm³/mol. The van der Waals surface area contributed by atoms with Gasteiger partial charge in [0.2, 0.25) is 0 Å². The van der Waals surface area contributed by atoms with E-state index in [4.69, 9.17) is 4.74 Å². The van der Waals surface area contributed by atoms with Gasteiger partial charge in [-0.15, -0.1) is 0 Å². The zero-order valence-corrected chi connectivity index (χ0v) is 8.46. The first kappa shape index (κ1) is 9.19. The summed E-state index contributed by atoms with van der Waals surface area (Å²) in [5.74, 6) is 0.940. The summed E-state index contributed by atoms with van der Waals surface area (Å²) in [5, 5.41) is 0. The summed E-state index contributed by atoms with van der Waals surface area (Å²) in [6, 6.07) is 1.94. The van der Waals surface area contributed by atoms with E-state index < -0.39 is 0 Å². The van der Waals surface area contributed by atoms with E-state index in [1.165, 1.54) is 0 Å². The van der Waals surface area contributed by atoms with Crippen LogP contribution >= 0.6 is 0 Å². The lowest BCUT2D eigenvalue weighted by atomic mass is 9.94. The molecule has 0 saturated heterocycles. The molecule has 1 aromatic heterocycles. The van der Waals surface area contributed by atoms with Gasteiger partial charge in [0, 0.05) is 6.42 Å². The van der Waals surface area contributed by atoms with Crippen LogP contribution in [0.5, 0.6) is 5.75 Å². The van der Waals surface area contributed by atoms with Gasteiger partial charge < -0.3 is 4.74 Å². The molecule has 0 amide bonds. The van der Waals surface area contributed by atoms with E-state index in [1.807, 2.05) is 13.0 Å². The highest BCUT2D eigenvalue weighted by Crippen LogP contribution is 2.25. The van der Waals surface area contributed by atoms with Crippen LogP contribution in [0.4, 0.5) is 0 Å². The topological polar surface area (TPSA) is 39.2 Å². The number of aryl methyl sites for hydroxylation is 2. The Morgan fingerprint density at radius 1 is 1.43 bits per heavy atom. The standard InChI is InChI=1S/C11H13NO2/c1-7-10(14-2)6-8-4-3-5-9(13)11(8)12-7/h6H,3-5H2,1-2H3. The average Bonchev–Trinajstić information content (AvgIpc) is 2.19. The number of carbonyl (C=O) groups excluding carboxylic acids is 1. The maximum absolute atomic E-state index is 11.5. The van der Waals surface area contributed by atoms with Crippen molar-refractivity contribution in [3.63, 3.8) is 0 Å². The number of Topliss-reactive ketones (excluding diaryl/α,β-unsaturated/α-hetero) is 1. The first-order chi connectivity index (χ1) is 6.72. The SMILES string of the molecule is COc1cc2c(nc1C)C(=O)CCC2. The average molecular weight is 191 g/mol. The van der Waals surface area contributed by atoms with Crippen molar-refractivity contribution in [1.82, 2.24) is 4.98 Å². The van der Waals surface area contributed by atoms with Gasteiger partial charge in [-0.1, -0.05) is 0 Å². The van der Waals surface area contributed by atoms with E-state index in [-0.39, 0.29) is 5.78 Å². The molecule has 0 bridgehead atoms. The second-order valence-corrected chi connectivity index (χ2v) is 3.56. The zero-order valence-electron chi connectivity index (χ0n) is 8.46. The fourth-order valence-electron chi connectivity index (χ4n) is 1.82. The summed E-state index contributed by atoms with van der Waals surface area (Å²) in [4.78, 5) is 15.8. The fourth-order valence-corrected chi connectivity index (χ4v) is 1.82. The van der Waals surface area contributed by atoms with Crippen molar-refractivity contribution < 1.29 is 9.53 Å². The Morgan fingerprint density at radius 2 is 2.21 bits per heavy atom. The van der Waals surface area contributed by atoms with Gasteiger partial charge in [-0.2, -0.15) is 0 Å². The van der Waals surface area contributed by atoms with Crippen LogP contribution in [0.1, 0.15) is 34.6 Å². The number of fused-ring (bicyclic) bond motifs is 1. The molecule has 74 valence electrons. The quantitative estimate of drug-likeness (QED) is 0.680. The Labute approximate surface area is 83.1 Å². The molecule has 0 unspecified atom stereocenters. The Kier molecular flexibility index (Phi) is 2.23. The normalized spacial score (nSPS) is 15.1. The molecule has 2 rings (SSSR count). The van der Waals surface area contributed by atoms with Gasteiger partial charge in [-0.25, -0.2) is 4.98 Å². The second kappa shape index (κ2) is 3.40. The van der Waals surface area contributed by atoms with E-state index in [9.17, 15) is 4.79 Å². The molecule has 0 saturated carbocycles. The number of nitrogens with zero attached hydrogens (tertiary/aromatic N) is 1. The van der Waals surface area contributed by atoms with Crippen molar-refractivity contribution in [3.05, 3.63) is 23.0 Å². The van der Waals surface area contributed by atoms with Gasteiger partial charge in [0.25, 0.3) is 0 Å². The third kappa shape index (κ3) is 1.39. The minimum Gasteiger partial charge on any atom is -0.495 e. The van der Waals surface area contributed by atoms with Crippen molar-refractivity contribution in [2.24, 2.45) is 0 Å². The van der Waals surface area contributed by atoms with Crippen LogP contribution in [0.25, 0.3) is 0 Å². The fraction of sp³-hybridized carbons (Fsp3) is 0.455. The molecule has 1 heterocycles. The Bertz CT molecular complexity index is 385. The van der Waals surface area contributed by atoms with E-state index in [0.717, 1.165) is 29.8 Å². The molecule has 0 atom stereocenters. The molecule has 0 aliphatic heterocycles. The number of hydrogen-bond donors (Lipinski definition) is 0. The van der Waals surface area contributed by atoms with Crippen molar-refractivity contribution in [2.45, 2.75) is 26.2 Å². The molecule has 0 N–H and O–H groups in total. The van der Waals surface area contributed by atoms with E-state index >= 15 is 0 Å². The van der Waals surface area contributed by atoms with Gasteiger partial charge >= 0.3 is 0 Å². The van der Waals surface area contributed by atoms with Gasteiger partial charge in [-0.05, 0) is 31.4 Å². The predicted octanol–water partition coefficient (Wildman–Crippen LogP) is 1.92. The maximum atomic E-state index is 11.5.